The molecule has 2 rings (SSSR count). The molecular weight excluding hydrogens is 498 g/mol. The van der Waals surface area contributed by atoms with Crippen LogP contribution in [0, 0.1) is 11.6 Å². The minimum absolute atomic E-state index is 0.156. The third-order valence-corrected chi connectivity index (χ3v) is 5.14. The second-order valence-corrected chi connectivity index (χ2v) is 7.83. The van der Waals surface area contributed by atoms with E-state index in [-0.39, 0.29) is 16.7 Å². The van der Waals surface area contributed by atoms with Crippen molar-refractivity contribution in [2.45, 2.75) is 38.3 Å². The van der Waals surface area contributed by atoms with Gasteiger partial charge in [0.2, 0.25) is 0 Å². The number of carbonyl (C=O) groups excluding carboxylic acids is 1. The second-order valence-electron chi connectivity index (χ2n) is 7.83. The SMILES string of the molecule is C=C/C(=C\C=C(/C)C(F)(F)F)[C@@H](C)NC(=O)c1cc(-c2ccc(F)cc2F)cc(C(O)C(F)(F)F)c1. The zero-order valence-corrected chi connectivity index (χ0v) is 18.9. The number of carbonyl (C=O) groups is 1. The first-order valence-corrected chi connectivity index (χ1v) is 10.3. The van der Waals surface area contributed by atoms with Gasteiger partial charge in [0.15, 0.2) is 6.10 Å². The Morgan fingerprint density at radius 2 is 1.67 bits per heavy atom. The standard InChI is InChI=1S/C25H21F8NO2/c1-4-15(6-5-13(2)24(28,29)30)14(3)34-23(36)18-10-16(20-8-7-19(26)12-21(20)27)9-17(11-18)22(35)25(31,32)33/h4-12,14,22,35H,1H2,2-3H3,(H,34,36)/b13-5+,15-6+/t14-,22?/m1/s1. The third kappa shape index (κ3) is 7.27. The summed E-state index contributed by atoms with van der Waals surface area (Å²) in [6, 6.07) is 3.99. The fraction of sp³-hybridized carbons (Fsp3) is 0.240. The van der Waals surface area contributed by atoms with Gasteiger partial charge in [0, 0.05) is 22.8 Å². The smallest absolute Gasteiger partial charge is 0.379 e. The lowest BCUT2D eigenvalue weighted by molar-refractivity contribution is -0.206. The van der Waals surface area contributed by atoms with E-state index in [0.29, 0.717) is 6.07 Å². The van der Waals surface area contributed by atoms with Crippen LogP contribution in [-0.4, -0.2) is 29.4 Å². The normalized spacial score (nSPS) is 14.9. The molecule has 0 spiro atoms. The lowest BCUT2D eigenvalue weighted by Gasteiger charge is -2.19. The zero-order valence-electron chi connectivity index (χ0n) is 18.9. The van der Waals surface area contributed by atoms with Crippen LogP contribution < -0.4 is 5.32 Å². The highest BCUT2D eigenvalue weighted by Gasteiger charge is 2.40. The number of alkyl halides is 6. The van der Waals surface area contributed by atoms with Gasteiger partial charge in [-0.05, 0) is 60.9 Å². The van der Waals surface area contributed by atoms with Crippen LogP contribution in [0.3, 0.4) is 0 Å². The molecule has 0 aliphatic rings. The van der Waals surface area contributed by atoms with Crippen molar-refractivity contribution in [2.75, 3.05) is 0 Å². The topological polar surface area (TPSA) is 49.3 Å². The molecule has 0 saturated carbocycles. The van der Waals surface area contributed by atoms with Crippen molar-refractivity contribution < 1.29 is 45.0 Å². The van der Waals surface area contributed by atoms with Gasteiger partial charge in [-0.1, -0.05) is 24.8 Å². The number of benzene rings is 2. The van der Waals surface area contributed by atoms with Gasteiger partial charge in [-0.15, -0.1) is 0 Å². The molecule has 0 heterocycles. The summed E-state index contributed by atoms with van der Waals surface area (Å²) in [5.41, 5.74) is -2.51. The first-order chi connectivity index (χ1) is 16.5. The summed E-state index contributed by atoms with van der Waals surface area (Å²) in [5.74, 6) is -3.02. The maximum Gasteiger partial charge on any atom is 0.418 e. The van der Waals surface area contributed by atoms with Crippen molar-refractivity contribution in [3.05, 3.63) is 95.1 Å². The highest BCUT2D eigenvalue weighted by atomic mass is 19.4. The maximum absolute atomic E-state index is 14.3. The number of amides is 1. The minimum atomic E-state index is -5.11. The van der Waals surface area contributed by atoms with Crippen LogP contribution >= 0.6 is 0 Å². The second kappa shape index (κ2) is 11.1. The lowest BCUT2D eigenvalue weighted by atomic mass is 9.96. The van der Waals surface area contributed by atoms with Crippen LogP contribution in [0.1, 0.15) is 35.9 Å². The van der Waals surface area contributed by atoms with E-state index in [2.05, 4.69) is 11.9 Å². The minimum Gasteiger partial charge on any atom is -0.379 e. The largest absolute Gasteiger partial charge is 0.418 e. The molecule has 0 aliphatic heterocycles. The Balaban J connectivity index is 2.49. The summed E-state index contributed by atoms with van der Waals surface area (Å²) in [5, 5.41) is 12.1. The number of hydrogen-bond donors (Lipinski definition) is 2. The average Bonchev–Trinajstić information content (AvgIpc) is 2.77. The Bertz CT molecular complexity index is 1200. The van der Waals surface area contributed by atoms with Gasteiger partial charge < -0.3 is 10.4 Å². The molecule has 3 nitrogen and oxygen atoms in total. The fourth-order valence-corrected chi connectivity index (χ4v) is 3.08. The van der Waals surface area contributed by atoms with Gasteiger partial charge >= 0.3 is 12.4 Å². The van der Waals surface area contributed by atoms with Gasteiger partial charge in [-0.25, -0.2) is 8.78 Å². The zero-order chi connectivity index (χ0) is 27.4. The molecule has 2 atom stereocenters. The molecule has 1 amide bonds. The lowest BCUT2D eigenvalue weighted by Crippen LogP contribution is -2.33. The molecule has 0 saturated heterocycles. The molecule has 0 aromatic heterocycles. The van der Waals surface area contributed by atoms with E-state index in [1.54, 1.807) is 0 Å². The molecule has 11 heteroatoms. The molecule has 2 N–H and O–H groups in total. The summed E-state index contributed by atoms with van der Waals surface area (Å²) in [6.45, 7) is 5.72. The van der Waals surface area contributed by atoms with E-state index in [1.807, 2.05) is 0 Å². The van der Waals surface area contributed by atoms with Gasteiger partial charge in [-0.2, -0.15) is 26.3 Å². The van der Waals surface area contributed by atoms with Crippen molar-refractivity contribution in [3.63, 3.8) is 0 Å². The van der Waals surface area contributed by atoms with Gasteiger partial charge in [0.05, 0.1) is 6.04 Å². The number of aliphatic hydroxyl groups excluding tert-OH is 1. The molecule has 194 valence electrons. The predicted octanol–water partition coefficient (Wildman–Crippen LogP) is 6.97. The Morgan fingerprint density at radius 1 is 1.03 bits per heavy atom. The summed E-state index contributed by atoms with van der Waals surface area (Å²) in [6.07, 6.45) is -9.65. The number of allylic oxidation sites excluding steroid dienone is 3. The highest BCUT2D eigenvalue weighted by Crippen LogP contribution is 2.35. The maximum atomic E-state index is 14.3. The molecule has 0 bridgehead atoms. The molecule has 0 fully saturated rings. The van der Waals surface area contributed by atoms with E-state index < -0.39 is 58.7 Å². The number of rotatable bonds is 7. The molecule has 0 aliphatic carbocycles. The van der Waals surface area contributed by atoms with Gasteiger partial charge in [0.25, 0.3) is 5.91 Å². The third-order valence-electron chi connectivity index (χ3n) is 5.14. The van der Waals surface area contributed by atoms with Crippen LogP contribution in [-0.2, 0) is 0 Å². The predicted molar refractivity (Wildman–Crippen MR) is 118 cm³/mol. The Morgan fingerprint density at radius 3 is 2.19 bits per heavy atom. The molecule has 0 radical (unpaired) electrons. The summed E-state index contributed by atoms with van der Waals surface area (Å²) >= 11 is 0. The number of hydrogen-bond acceptors (Lipinski definition) is 2. The van der Waals surface area contributed by atoms with Crippen LogP contribution in [0.25, 0.3) is 11.1 Å². The number of nitrogens with one attached hydrogen (secondary N) is 1. The molecule has 2 aromatic rings. The summed E-state index contributed by atoms with van der Waals surface area (Å²) < 4.78 is 105. The number of halogens is 8. The Hall–Kier alpha value is -3.47. The highest BCUT2D eigenvalue weighted by molar-refractivity contribution is 5.96. The van der Waals surface area contributed by atoms with Crippen LogP contribution in [0.15, 0.2) is 72.4 Å². The first kappa shape index (κ1) is 28.8. The molecule has 2 aromatic carbocycles. The first-order valence-electron chi connectivity index (χ1n) is 10.3. The van der Waals surface area contributed by atoms with Crippen molar-refractivity contribution >= 4 is 5.91 Å². The summed E-state index contributed by atoms with van der Waals surface area (Å²) in [4.78, 5) is 12.8. The van der Waals surface area contributed by atoms with E-state index in [0.717, 1.165) is 49.4 Å². The van der Waals surface area contributed by atoms with Crippen molar-refractivity contribution in [2.24, 2.45) is 0 Å². The Kier molecular flexibility index (Phi) is 8.84. The van der Waals surface area contributed by atoms with Crippen LogP contribution in [0.4, 0.5) is 35.1 Å². The Labute approximate surface area is 201 Å². The molecular formula is C25H21F8NO2. The van der Waals surface area contributed by atoms with Gasteiger partial charge in [0.1, 0.15) is 11.6 Å². The molecule has 36 heavy (non-hydrogen) atoms. The number of aliphatic hydroxyl groups is 1. The van der Waals surface area contributed by atoms with Gasteiger partial charge in [-0.3, -0.25) is 4.79 Å². The average molecular weight is 519 g/mol. The van der Waals surface area contributed by atoms with Crippen LogP contribution in [0.2, 0.25) is 0 Å². The van der Waals surface area contributed by atoms with E-state index in [9.17, 15) is 45.0 Å². The monoisotopic (exact) mass is 519 g/mol. The fourth-order valence-electron chi connectivity index (χ4n) is 3.08. The van der Waals surface area contributed by atoms with Crippen molar-refractivity contribution in [3.8, 4) is 11.1 Å². The molecule has 1 unspecified atom stereocenters. The van der Waals surface area contributed by atoms with E-state index >= 15 is 0 Å². The quantitative estimate of drug-likeness (QED) is 0.307. The summed E-state index contributed by atoms with van der Waals surface area (Å²) in [7, 11) is 0. The van der Waals surface area contributed by atoms with Crippen molar-refractivity contribution in [1.82, 2.24) is 5.32 Å². The van der Waals surface area contributed by atoms with E-state index in [4.69, 9.17) is 0 Å². The van der Waals surface area contributed by atoms with Crippen LogP contribution in [0.5, 0.6) is 0 Å². The van der Waals surface area contributed by atoms with E-state index in [1.165, 1.54) is 13.0 Å². The van der Waals surface area contributed by atoms with Crippen molar-refractivity contribution in [1.29, 1.82) is 0 Å².